The molecule has 0 bridgehead atoms. The van der Waals surface area contributed by atoms with Crippen molar-refractivity contribution < 1.29 is 14.3 Å². The van der Waals surface area contributed by atoms with E-state index >= 15 is 0 Å². The van der Waals surface area contributed by atoms with Gasteiger partial charge in [-0.05, 0) is 61.4 Å². The normalized spacial score (nSPS) is 10.6. The molecule has 4 aromatic rings. The molecule has 0 aliphatic rings. The van der Waals surface area contributed by atoms with Gasteiger partial charge >= 0.3 is 0 Å². The summed E-state index contributed by atoms with van der Waals surface area (Å²) in [6.45, 7) is 4.03. The van der Waals surface area contributed by atoms with Crippen molar-refractivity contribution in [3.8, 4) is 11.4 Å². The first-order valence-corrected chi connectivity index (χ1v) is 12.4. The monoisotopic (exact) mass is 501 g/mol. The Labute approximate surface area is 214 Å². The zero-order valence-electron chi connectivity index (χ0n) is 20.1. The molecule has 0 saturated heterocycles. The number of para-hydroxylation sites is 1. The van der Waals surface area contributed by atoms with Crippen LogP contribution in [0.2, 0.25) is 0 Å². The molecule has 0 unspecified atom stereocenters. The molecule has 0 atom stereocenters. The van der Waals surface area contributed by atoms with Crippen LogP contribution in [-0.2, 0) is 16.1 Å². The second kappa shape index (κ2) is 12.0. The maximum Gasteiger partial charge on any atom is 0.258 e. The molecule has 2 amide bonds. The number of benzene rings is 3. The Morgan fingerprint density at radius 2 is 1.64 bits per heavy atom. The molecule has 1 aromatic heterocycles. The number of carbonyl (C=O) groups is 2. The van der Waals surface area contributed by atoms with E-state index in [1.165, 1.54) is 11.8 Å². The van der Waals surface area contributed by atoms with Crippen LogP contribution in [0.4, 0.5) is 5.69 Å². The quantitative estimate of drug-likeness (QED) is 0.314. The highest BCUT2D eigenvalue weighted by molar-refractivity contribution is 7.99. The number of hydrogen-bond donors (Lipinski definition) is 2. The van der Waals surface area contributed by atoms with E-state index < -0.39 is 0 Å². The number of anilines is 1. The van der Waals surface area contributed by atoms with Crippen LogP contribution in [0.15, 0.2) is 84.0 Å². The first kappa shape index (κ1) is 25.0. The third-order valence-electron chi connectivity index (χ3n) is 5.15. The van der Waals surface area contributed by atoms with Crippen LogP contribution in [0, 0.1) is 13.8 Å². The van der Waals surface area contributed by atoms with Gasteiger partial charge in [0.2, 0.25) is 5.91 Å². The van der Waals surface area contributed by atoms with E-state index in [1.807, 2.05) is 85.1 Å². The molecular formula is C27H27N5O3S. The number of carbonyl (C=O) groups excluding carboxylic acids is 2. The molecule has 9 heteroatoms. The van der Waals surface area contributed by atoms with Crippen LogP contribution < -0.4 is 15.4 Å². The zero-order chi connectivity index (χ0) is 25.3. The Morgan fingerprint density at radius 1 is 0.889 bits per heavy atom. The molecule has 4 rings (SSSR count). The Kier molecular flexibility index (Phi) is 8.36. The van der Waals surface area contributed by atoms with Gasteiger partial charge in [-0.2, -0.15) is 0 Å². The van der Waals surface area contributed by atoms with E-state index in [-0.39, 0.29) is 30.7 Å². The molecule has 0 aliphatic carbocycles. The Morgan fingerprint density at radius 3 is 2.39 bits per heavy atom. The highest BCUT2D eigenvalue weighted by atomic mass is 32.2. The summed E-state index contributed by atoms with van der Waals surface area (Å²) in [6, 6.07) is 24.7. The van der Waals surface area contributed by atoms with Gasteiger partial charge < -0.3 is 15.4 Å². The van der Waals surface area contributed by atoms with Gasteiger partial charge in [0.25, 0.3) is 5.91 Å². The van der Waals surface area contributed by atoms with E-state index in [0.29, 0.717) is 16.7 Å². The average Bonchev–Trinajstić information content (AvgIpc) is 3.28. The van der Waals surface area contributed by atoms with E-state index in [2.05, 4.69) is 20.8 Å². The van der Waals surface area contributed by atoms with Gasteiger partial charge in [0.05, 0.1) is 12.3 Å². The first-order valence-electron chi connectivity index (χ1n) is 11.4. The van der Waals surface area contributed by atoms with Crippen molar-refractivity contribution in [1.82, 2.24) is 20.1 Å². The van der Waals surface area contributed by atoms with Crippen LogP contribution in [0.3, 0.4) is 0 Å². The topological polar surface area (TPSA) is 98.1 Å². The average molecular weight is 502 g/mol. The van der Waals surface area contributed by atoms with Crippen molar-refractivity contribution in [2.24, 2.45) is 0 Å². The largest absolute Gasteiger partial charge is 0.484 e. The SMILES string of the molecule is Cc1cccc(NC(=O)CSc2nnc(CNC(=O)COc3ccccc3)n2-c2cccc(C)c2)c1. The summed E-state index contributed by atoms with van der Waals surface area (Å²) in [5.41, 5.74) is 3.74. The van der Waals surface area contributed by atoms with Gasteiger partial charge in [0, 0.05) is 11.4 Å². The predicted molar refractivity (Wildman–Crippen MR) is 140 cm³/mol. The molecule has 0 aliphatic heterocycles. The smallest absolute Gasteiger partial charge is 0.258 e. The molecule has 3 aromatic carbocycles. The van der Waals surface area contributed by atoms with E-state index in [0.717, 1.165) is 22.5 Å². The third-order valence-corrected chi connectivity index (χ3v) is 6.08. The van der Waals surface area contributed by atoms with E-state index in [4.69, 9.17) is 4.74 Å². The number of ether oxygens (including phenoxy) is 1. The summed E-state index contributed by atoms with van der Waals surface area (Å²) in [5, 5.41) is 14.9. The Balaban J connectivity index is 1.43. The van der Waals surface area contributed by atoms with Crippen molar-refractivity contribution in [3.63, 3.8) is 0 Å². The summed E-state index contributed by atoms with van der Waals surface area (Å²) in [5.74, 6) is 0.921. The fourth-order valence-corrected chi connectivity index (χ4v) is 4.25. The lowest BCUT2D eigenvalue weighted by atomic mass is 10.2. The fourth-order valence-electron chi connectivity index (χ4n) is 3.48. The van der Waals surface area contributed by atoms with Crippen LogP contribution in [0.5, 0.6) is 5.75 Å². The van der Waals surface area contributed by atoms with Crippen molar-refractivity contribution in [3.05, 3.63) is 95.8 Å². The van der Waals surface area contributed by atoms with Gasteiger partial charge in [0.15, 0.2) is 17.6 Å². The first-order chi connectivity index (χ1) is 17.5. The van der Waals surface area contributed by atoms with Crippen LogP contribution in [0.1, 0.15) is 17.0 Å². The van der Waals surface area contributed by atoms with Crippen molar-refractivity contribution in [2.45, 2.75) is 25.5 Å². The van der Waals surface area contributed by atoms with Gasteiger partial charge in [-0.1, -0.05) is 54.2 Å². The van der Waals surface area contributed by atoms with Crippen molar-refractivity contribution in [2.75, 3.05) is 17.7 Å². The number of aromatic nitrogens is 3. The molecule has 8 nitrogen and oxygen atoms in total. The number of nitrogens with one attached hydrogen (secondary N) is 2. The number of amides is 2. The molecule has 0 radical (unpaired) electrons. The Hall–Kier alpha value is -4.11. The number of rotatable bonds is 10. The summed E-state index contributed by atoms with van der Waals surface area (Å²) in [6.07, 6.45) is 0. The highest BCUT2D eigenvalue weighted by Gasteiger charge is 2.17. The predicted octanol–water partition coefficient (Wildman–Crippen LogP) is 4.31. The van der Waals surface area contributed by atoms with Crippen molar-refractivity contribution in [1.29, 1.82) is 0 Å². The Bertz CT molecular complexity index is 1340. The van der Waals surface area contributed by atoms with Crippen LogP contribution >= 0.6 is 11.8 Å². The standard InChI is InChI=1S/C27H27N5O3S/c1-19-8-6-10-21(14-19)29-26(34)18-36-27-31-30-24(32(27)22-11-7-9-20(2)15-22)16-28-25(33)17-35-23-12-4-3-5-13-23/h3-15H,16-18H2,1-2H3,(H,28,33)(H,29,34). The molecule has 0 spiro atoms. The van der Waals surface area contributed by atoms with Crippen molar-refractivity contribution >= 4 is 29.3 Å². The molecule has 2 N–H and O–H groups in total. The molecule has 0 saturated carbocycles. The lowest BCUT2D eigenvalue weighted by Crippen LogP contribution is -2.29. The zero-order valence-corrected chi connectivity index (χ0v) is 20.9. The number of aryl methyl sites for hydroxylation is 2. The van der Waals surface area contributed by atoms with Crippen LogP contribution in [0.25, 0.3) is 5.69 Å². The van der Waals surface area contributed by atoms with Gasteiger partial charge in [0.1, 0.15) is 5.75 Å². The minimum absolute atomic E-state index is 0.108. The summed E-state index contributed by atoms with van der Waals surface area (Å²) >= 11 is 1.28. The van der Waals surface area contributed by atoms with Crippen LogP contribution in [-0.4, -0.2) is 38.9 Å². The highest BCUT2D eigenvalue weighted by Crippen LogP contribution is 2.23. The minimum atomic E-state index is -0.274. The van der Waals surface area contributed by atoms with Gasteiger partial charge in [-0.3, -0.25) is 14.2 Å². The second-order valence-corrected chi connectivity index (χ2v) is 9.10. The summed E-state index contributed by atoms with van der Waals surface area (Å²) in [4.78, 5) is 24.9. The minimum Gasteiger partial charge on any atom is -0.484 e. The number of thioether (sulfide) groups is 1. The molecule has 184 valence electrons. The van der Waals surface area contributed by atoms with E-state index in [9.17, 15) is 9.59 Å². The lowest BCUT2D eigenvalue weighted by Gasteiger charge is -2.12. The maximum atomic E-state index is 12.5. The van der Waals surface area contributed by atoms with Gasteiger partial charge in [-0.25, -0.2) is 0 Å². The molecule has 36 heavy (non-hydrogen) atoms. The fraction of sp³-hybridized carbons (Fsp3) is 0.185. The maximum absolute atomic E-state index is 12.5. The summed E-state index contributed by atoms with van der Waals surface area (Å²) < 4.78 is 7.37. The second-order valence-electron chi connectivity index (χ2n) is 8.16. The van der Waals surface area contributed by atoms with E-state index in [1.54, 1.807) is 12.1 Å². The molecule has 1 heterocycles. The number of nitrogens with zero attached hydrogens (tertiary/aromatic N) is 3. The van der Waals surface area contributed by atoms with Gasteiger partial charge in [-0.15, -0.1) is 10.2 Å². The number of hydrogen-bond acceptors (Lipinski definition) is 6. The molecular weight excluding hydrogens is 474 g/mol. The lowest BCUT2D eigenvalue weighted by molar-refractivity contribution is -0.123. The summed E-state index contributed by atoms with van der Waals surface area (Å²) in [7, 11) is 0. The molecule has 0 fully saturated rings. The third kappa shape index (κ3) is 6.96.